The van der Waals surface area contributed by atoms with Crippen molar-refractivity contribution in [2.45, 2.75) is 19.3 Å². The summed E-state index contributed by atoms with van der Waals surface area (Å²) in [5.41, 5.74) is 0.785. The van der Waals surface area contributed by atoms with Crippen LogP contribution < -0.4 is 10.1 Å². The summed E-state index contributed by atoms with van der Waals surface area (Å²) < 4.78 is 5.84. The number of para-hydroxylation sites is 2. The lowest BCUT2D eigenvalue weighted by Crippen LogP contribution is -2.33. The monoisotopic (exact) mass is 296 g/mol. The van der Waals surface area contributed by atoms with E-state index >= 15 is 0 Å². The second-order valence-corrected chi connectivity index (χ2v) is 5.17. The summed E-state index contributed by atoms with van der Waals surface area (Å²) in [6.07, 6.45) is 5.27. The van der Waals surface area contributed by atoms with E-state index in [0.29, 0.717) is 6.61 Å². The second-order valence-electron chi connectivity index (χ2n) is 5.17. The minimum atomic E-state index is 0.0307. The van der Waals surface area contributed by atoms with Gasteiger partial charge in [-0.25, -0.2) is 0 Å². The van der Waals surface area contributed by atoms with Crippen LogP contribution >= 0.6 is 0 Å². The largest absolute Gasteiger partial charge is 0.490 e. The molecule has 1 N–H and O–H groups in total. The number of allylic oxidation sites excluding steroid dienone is 1. The molecule has 0 bridgehead atoms. The lowest BCUT2D eigenvalue weighted by atomic mass is 10.1. The van der Waals surface area contributed by atoms with Crippen LogP contribution in [0.25, 0.3) is 0 Å². The lowest BCUT2D eigenvalue weighted by Gasteiger charge is -2.26. The van der Waals surface area contributed by atoms with Gasteiger partial charge in [0, 0.05) is 12.7 Å². The number of ether oxygens (including phenoxy) is 1. The van der Waals surface area contributed by atoms with Crippen molar-refractivity contribution in [2.75, 3.05) is 31.6 Å². The Balaban J connectivity index is 1.89. The van der Waals surface area contributed by atoms with E-state index in [-0.39, 0.29) is 5.57 Å². The van der Waals surface area contributed by atoms with Crippen molar-refractivity contribution in [2.24, 2.45) is 0 Å². The summed E-state index contributed by atoms with van der Waals surface area (Å²) in [6.45, 7) is 3.86. The molecule has 0 aromatic heterocycles. The summed E-state index contributed by atoms with van der Waals surface area (Å²) >= 11 is 0. The van der Waals surface area contributed by atoms with Crippen LogP contribution in [0.15, 0.2) is 36.0 Å². The number of hydrogen-bond donors (Lipinski definition) is 1. The Labute approximate surface area is 131 Å². The van der Waals surface area contributed by atoms with Gasteiger partial charge in [-0.3, -0.25) is 4.90 Å². The van der Waals surface area contributed by atoms with Gasteiger partial charge in [0.1, 0.15) is 30.1 Å². The van der Waals surface area contributed by atoms with E-state index in [4.69, 9.17) is 15.3 Å². The van der Waals surface area contributed by atoms with Gasteiger partial charge in [0.2, 0.25) is 0 Å². The number of anilines is 1. The second kappa shape index (κ2) is 8.71. The van der Waals surface area contributed by atoms with Crippen LogP contribution in [0.5, 0.6) is 5.75 Å². The molecular weight excluding hydrogens is 276 g/mol. The molecule has 0 spiro atoms. The highest BCUT2D eigenvalue weighted by Crippen LogP contribution is 2.24. The summed E-state index contributed by atoms with van der Waals surface area (Å²) in [4.78, 5) is 2.42. The molecule has 1 aromatic rings. The van der Waals surface area contributed by atoms with Gasteiger partial charge in [-0.2, -0.15) is 10.5 Å². The minimum absolute atomic E-state index is 0.0307. The zero-order chi connectivity index (χ0) is 15.6. The molecule has 1 aliphatic heterocycles. The minimum Gasteiger partial charge on any atom is -0.490 e. The third kappa shape index (κ3) is 4.80. The van der Waals surface area contributed by atoms with Gasteiger partial charge in [-0.1, -0.05) is 18.6 Å². The van der Waals surface area contributed by atoms with Crippen molar-refractivity contribution in [3.63, 3.8) is 0 Å². The van der Waals surface area contributed by atoms with Crippen LogP contribution in [0.3, 0.4) is 0 Å². The van der Waals surface area contributed by atoms with Gasteiger partial charge in [0.15, 0.2) is 0 Å². The summed E-state index contributed by atoms with van der Waals surface area (Å²) in [5, 5.41) is 20.4. The Bertz CT molecular complexity index is 575. The number of nitrogens with zero attached hydrogens (tertiary/aromatic N) is 3. The number of nitriles is 2. The van der Waals surface area contributed by atoms with Crippen molar-refractivity contribution in [3.05, 3.63) is 36.0 Å². The molecule has 0 aliphatic carbocycles. The third-order valence-electron chi connectivity index (χ3n) is 3.61. The number of likely N-dealkylation sites (tertiary alicyclic amines) is 1. The van der Waals surface area contributed by atoms with E-state index in [1.807, 2.05) is 36.4 Å². The van der Waals surface area contributed by atoms with E-state index in [2.05, 4.69) is 10.2 Å². The topological polar surface area (TPSA) is 72.1 Å². The highest BCUT2D eigenvalue weighted by atomic mass is 16.5. The molecule has 0 saturated carbocycles. The third-order valence-corrected chi connectivity index (χ3v) is 3.61. The first-order valence-corrected chi connectivity index (χ1v) is 7.54. The number of nitrogens with one attached hydrogen (secondary N) is 1. The van der Waals surface area contributed by atoms with Gasteiger partial charge >= 0.3 is 0 Å². The normalized spacial score (nSPS) is 14.5. The first kappa shape index (κ1) is 15.9. The predicted molar refractivity (Wildman–Crippen MR) is 85.2 cm³/mol. The molecule has 0 radical (unpaired) electrons. The Morgan fingerprint density at radius 1 is 1.18 bits per heavy atom. The van der Waals surface area contributed by atoms with E-state index in [1.54, 1.807) is 0 Å². The SMILES string of the molecule is N#CC(C#N)=CNc1ccccc1OCCN1CCCCC1. The number of benzene rings is 1. The van der Waals surface area contributed by atoms with E-state index < -0.39 is 0 Å². The Morgan fingerprint density at radius 2 is 1.91 bits per heavy atom. The maximum atomic E-state index is 8.74. The van der Waals surface area contributed by atoms with Crippen LogP contribution in [-0.4, -0.2) is 31.1 Å². The van der Waals surface area contributed by atoms with Crippen molar-refractivity contribution < 1.29 is 4.74 Å². The van der Waals surface area contributed by atoms with E-state index in [1.165, 1.54) is 25.5 Å². The molecule has 5 heteroatoms. The molecule has 1 heterocycles. The first-order valence-electron chi connectivity index (χ1n) is 7.54. The quantitative estimate of drug-likeness (QED) is 0.817. The van der Waals surface area contributed by atoms with Gasteiger partial charge < -0.3 is 10.1 Å². The average Bonchev–Trinajstić information content (AvgIpc) is 2.58. The number of rotatable bonds is 6. The van der Waals surface area contributed by atoms with Crippen LogP contribution in [0.1, 0.15) is 19.3 Å². The van der Waals surface area contributed by atoms with Crippen molar-refractivity contribution in [1.29, 1.82) is 10.5 Å². The van der Waals surface area contributed by atoms with E-state index in [9.17, 15) is 0 Å². The summed E-state index contributed by atoms with van der Waals surface area (Å²) in [7, 11) is 0. The molecule has 1 aromatic carbocycles. The molecule has 1 saturated heterocycles. The summed E-state index contributed by atoms with van der Waals surface area (Å²) in [6, 6.07) is 11.2. The molecule has 114 valence electrons. The molecule has 0 unspecified atom stereocenters. The van der Waals surface area contributed by atoms with Crippen LogP contribution in [0.2, 0.25) is 0 Å². The zero-order valence-corrected chi connectivity index (χ0v) is 12.6. The van der Waals surface area contributed by atoms with Crippen molar-refractivity contribution >= 4 is 5.69 Å². The van der Waals surface area contributed by atoms with Gasteiger partial charge in [0.05, 0.1) is 5.69 Å². The highest BCUT2D eigenvalue weighted by molar-refractivity contribution is 5.59. The fourth-order valence-corrected chi connectivity index (χ4v) is 2.42. The van der Waals surface area contributed by atoms with Gasteiger partial charge in [-0.05, 0) is 38.1 Å². The summed E-state index contributed by atoms with van der Waals surface area (Å²) in [5.74, 6) is 0.728. The predicted octanol–water partition coefficient (Wildman–Crippen LogP) is 2.89. The number of piperidine rings is 1. The Hall–Kier alpha value is -2.50. The molecule has 22 heavy (non-hydrogen) atoms. The fraction of sp³-hybridized carbons (Fsp3) is 0.412. The Morgan fingerprint density at radius 3 is 2.64 bits per heavy atom. The molecule has 1 aliphatic rings. The molecule has 0 atom stereocenters. The lowest BCUT2D eigenvalue weighted by molar-refractivity contribution is 0.184. The standard InChI is InChI=1S/C17H20N4O/c18-12-15(13-19)14-20-16-6-2-3-7-17(16)22-11-10-21-8-4-1-5-9-21/h2-3,6-7,14,20H,1,4-5,8-11H2. The highest BCUT2D eigenvalue weighted by Gasteiger charge is 2.10. The maximum Gasteiger partial charge on any atom is 0.145 e. The van der Waals surface area contributed by atoms with Gasteiger partial charge in [0.25, 0.3) is 0 Å². The fourth-order valence-electron chi connectivity index (χ4n) is 2.42. The molecule has 2 rings (SSSR count). The first-order chi connectivity index (χ1) is 10.8. The van der Waals surface area contributed by atoms with Crippen LogP contribution in [-0.2, 0) is 0 Å². The zero-order valence-electron chi connectivity index (χ0n) is 12.6. The maximum absolute atomic E-state index is 8.74. The molecule has 5 nitrogen and oxygen atoms in total. The van der Waals surface area contributed by atoms with Crippen LogP contribution in [0.4, 0.5) is 5.69 Å². The Kier molecular flexibility index (Phi) is 6.29. The van der Waals surface area contributed by atoms with Crippen molar-refractivity contribution in [3.8, 4) is 17.9 Å². The molecule has 1 fully saturated rings. The number of hydrogen-bond acceptors (Lipinski definition) is 5. The molecular formula is C17H20N4O. The van der Waals surface area contributed by atoms with Gasteiger partial charge in [-0.15, -0.1) is 0 Å². The smallest absolute Gasteiger partial charge is 0.145 e. The van der Waals surface area contributed by atoms with E-state index in [0.717, 1.165) is 31.1 Å². The average molecular weight is 296 g/mol. The van der Waals surface area contributed by atoms with Crippen molar-refractivity contribution in [1.82, 2.24) is 4.90 Å². The van der Waals surface area contributed by atoms with Crippen LogP contribution in [0, 0.1) is 22.7 Å². The molecule has 0 amide bonds.